The van der Waals surface area contributed by atoms with Crippen molar-refractivity contribution in [3.8, 4) is 11.1 Å². The summed E-state index contributed by atoms with van der Waals surface area (Å²) >= 11 is 0. The van der Waals surface area contributed by atoms with Crippen LogP contribution in [0.1, 0.15) is 103 Å². The molecule has 0 saturated carbocycles. The van der Waals surface area contributed by atoms with Crippen molar-refractivity contribution in [1.29, 1.82) is 0 Å². The number of carbonyl (C=O) groups is 2. The second-order valence-corrected chi connectivity index (χ2v) is 17.8. The third-order valence-electron chi connectivity index (χ3n) is 13.1. The fraction of sp³-hybridized carbons (Fsp3) is 0.636. The molecule has 3 aromatic rings. The summed E-state index contributed by atoms with van der Waals surface area (Å²) < 4.78 is 31.0. The summed E-state index contributed by atoms with van der Waals surface area (Å²) in [7, 11) is 1.80. The Bertz CT molecular complexity index is 1900. The predicted molar refractivity (Wildman–Crippen MR) is 226 cm³/mol. The number of piperidine rings is 3. The van der Waals surface area contributed by atoms with E-state index in [0.29, 0.717) is 42.4 Å². The van der Waals surface area contributed by atoms with Crippen molar-refractivity contribution in [3.63, 3.8) is 0 Å². The number of rotatable bonds is 8. The summed E-state index contributed by atoms with van der Waals surface area (Å²) in [6, 6.07) is 7.70. The summed E-state index contributed by atoms with van der Waals surface area (Å²) in [5.74, 6) is 2.20. The minimum Gasteiger partial charge on any atom is -0.354 e. The van der Waals surface area contributed by atoms with Gasteiger partial charge in [0, 0.05) is 88.5 Å². The highest BCUT2D eigenvalue weighted by Gasteiger charge is 2.49. The van der Waals surface area contributed by atoms with Gasteiger partial charge in [-0.25, -0.2) is 8.78 Å². The van der Waals surface area contributed by atoms with Crippen molar-refractivity contribution in [3.05, 3.63) is 53.5 Å². The van der Waals surface area contributed by atoms with Crippen LogP contribution in [-0.2, 0) is 18.3 Å². The zero-order valence-corrected chi connectivity index (χ0v) is 34.7. The van der Waals surface area contributed by atoms with Gasteiger partial charge >= 0.3 is 0 Å². The molecule has 316 valence electrons. The average molecular weight is 803 g/mol. The summed E-state index contributed by atoms with van der Waals surface area (Å²) in [5.41, 5.74) is 3.47. The molecule has 1 amide bonds. The van der Waals surface area contributed by atoms with Gasteiger partial charge in [-0.05, 0) is 84.2 Å². The first-order chi connectivity index (χ1) is 27.3. The minimum atomic E-state index is -2.64. The number of hydrogen-bond donors (Lipinski definition) is 0. The molecule has 3 fully saturated rings. The van der Waals surface area contributed by atoms with Gasteiger partial charge in [0.2, 0.25) is 6.41 Å². The van der Waals surface area contributed by atoms with E-state index in [-0.39, 0.29) is 41.8 Å². The van der Waals surface area contributed by atoms with Gasteiger partial charge in [0.1, 0.15) is 11.5 Å². The van der Waals surface area contributed by atoms with Crippen LogP contribution in [0.25, 0.3) is 11.1 Å². The zero-order valence-electron chi connectivity index (χ0n) is 34.7. The number of nitrogens with zero attached hydrogens (tertiary/aromatic N) is 10. The largest absolute Gasteiger partial charge is 0.354 e. The Morgan fingerprint density at radius 2 is 1.67 bits per heavy atom. The smallest absolute Gasteiger partial charge is 0.264 e. The first-order valence-corrected chi connectivity index (χ1v) is 20.9. The van der Waals surface area contributed by atoms with Crippen LogP contribution in [-0.4, -0.2) is 118 Å². The van der Waals surface area contributed by atoms with Gasteiger partial charge in [0.15, 0.2) is 12.1 Å². The fourth-order valence-electron chi connectivity index (χ4n) is 10.5. The number of halogens is 2. The molecular weight excluding hydrogens is 739 g/mol. The monoisotopic (exact) mass is 803 g/mol. The molecule has 0 N–H and O–H groups in total. The van der Waals surface area contributed by atoms with Crippen molar-refractivity contribution in [2.24, 2.45) is 34.8 Å². The Balaban J connectivity index is 0.00000186. The SMILES string of the molecule is C.CC.Cn1cc(-c2cc3c(cc2C(F)F)N(C2=NN(C4CCN(CC5C(C)(C)CN(c6ccc(C=O)nn6)CC5(C)C)CC4)C4CCN(C=O)CC24)CCC3)cn1. The normalized spacial score (nSPS) is 23.4. The molecule has 0 spiro atoms. The van der Waals surface area contributed by atoms with E-state index in [1.165, 1.54) is 0 Å². The number of aldehydes is 1. The molecule has 7 heterocycles. The first kappa shape index (κ1) is 43.1. The molecule has 1 aromatic carbocycles. The van der Waals surface area contributed by atoms with Gasteiger partial charge in [0.05, 0.1) is 18.2 Å². The van der Waals surface area contributed by atoms with Crippen LogP contribution >= 0.6 is 0 Å². The average Bonchev–Trinajstić information content (AvgIpc) is 3.82. The summed E-state index contributed by atoms with van der Waals surface area (Å²) in [5, 5.41) is 20.5. The lowest BCUT2D eigenvalue weighted by molar-refractivity contribution is -0.120. The highest BCUT2D eigenvalue weighted by Crippen LogP contribution is 2.48. The number of amides is 1. The van der Waals surface area contributed by atoms with Gasteiger partial charge in [-0.3, -0.25) is 19.3 Å². The second-order valence-electron chi connectivity index (χ2n) is 17.8. The fourth-order valence-corrected chi connectivity index (χ4v) is 10.5. The van der Waals surface area contributed by atoms with Gasteiger partial charge in [-0.1, -0.05) is 49.0 Å². The van der Waals surface area contributed by atoms with Crippen LogP contribution in [0.3, 0.4) is 0 Å². The molecule has 2 atom stereocenters. The Hall–Kier alpha value is -4.46. The van der Waals surface area contributed by atoms with Gasteiger partial charge < -0.3 is 19.6 Å². The van der Waals surface area contributed by atoms with Gasteiger partial charge in [-0.15, -0.1) is 10.2 Å². The number of alkyl halides is 2. The van der Waals surface area contributed by atoms with Crippen LogP contribution in [0, 0.1) is 22.7 Å². The molecular formula is C44H64F2N10O2. The Kier molecular flexibility index (Phi) is 12.9. The lowest BCUT2D eigenvalue weighted by Gasteiger charge is -2.55. The summed E-state index contributed by atoms with van der Waals surface area (Å²) in [6.07, 6.45) is 7.00. The number of aryl methyl sites for hydroxylation is 2. The molecule has 14 heteroatoms. The van der Waals surface area contributed by atoms with E-state index in [9.17, 15) is 18.4 Å². The van der Waals surface area contributed by atoms with Crippen LogP contribution in [0.2, 0.25) is 0 Å². The number of carbonyl (C=O) groups excluding carboxylic acids is 2. The van der Waals surface area contributed by atoms with Gasteiger partial charge in [0.25, 0.3) is 6.43 Å². The number of hydrogen-bond acceptors (Lipinski definition) is 10. The quantitative estimate of drug-likeness (QED) is 0.219. The number of aromatic nitrogens is 4. The van der Waals surface area contributed by atoms with Crippen LogP contribution in [0.15, 0.2) is 41.8 Å². The molecule has 5 aliphatic rings. The minimum absolute atomic E-state index is 0. The maximum Gasteiger partial charge on any atom is 0.264 e. The van der Waals surface area contributed by atoms with Crippen molar-refractivity contribution in [2.75, 3.05) is 62.2 Å². The van der Waals surface area contributed by atoms with E-state index in [1.807, 2.05) is 30.9 Å². The van der Waals surface area contributed by atoms with Crippen LogP contribution in [0.4, 0.5) is 20.3 Å². The molecule has 0 radical (unpaired) electrons. The summed E-state index contributed by atoms with van der Waals surface area (Å²) in [6.45, 7) is 20.1. The lowest BCUT2D eigenvalue weighted by Crippen LogP contribution is -2.59. The third kappa shape index (κ3) is 8.35. The zero-order chi connectivity index (χ0) is 40.6. The molecule has 8 rings (SSSR count). The topological polar surface area (TPSA) is 106 Å². The highest BCUT2D eigenvalue weighted by atomic mass is 19.3. The number of hydrazone groups is 1. The molecule has 0 bridgehead atoms. The Morgan fingerprint density at radius 3 is 2.28 bits per heavy atom. The van der Waals surface area contributed by atoms with E-state index in [4.69, 9.17) is 5.10 Å². The van der Waals surface area contributed by atoms with E-state index < -0.39 is 6.43 Å². The van der Waals surface area contributed by atoms with E-state index in [1.54, 1.807) is 36.3 Å². The number of benzene rings is 1. The maximum absolute atomic E-state index is 14.7. The first-order valence-electron chi connectivity index (χ1n) is 20.9. The van der Waals surface area contributed by atoms with Gasteiger partial charge in [-0.2, -0.15) is 10.2 Å². The molecule has 5 aliphatic heterocycles. The summed E-state index contributed by atoms with van der Waals surface area (Å²) in [4.78, 5) is 32.2. The van der Waals surface area contributed by atoms with Crippen LogP contribution < -0.4 is 9.80 Å². The maximum atomic E-state index is 14.7. The van der Waals surface area contributed by atoms with E-state index >= 15 is 0 Å². The second kappa shape index (κ2) is 17.4. The molecule has 58 heavy (non-hydrogen) atoms. The molecule has 3 saturated heterocycles. The van der Waals surface area contributed by atoms with Crippen molar-refractivity contribution >= 4 is 30.0 Å². The lowest BCUT2D eigenvalue weighted by atomic mass is 9.61. The Labute approximate surface area is 343 Å². The van der Waals surface area contributed by atoms with Crippen molar-refractivity contribution < 1.29 is 18.4 Å². The molecule has 2 aromatic heterocycles. The number of anilines is 2. The number of amidine groups is 1. The predicted octanol–water partition coefficient (Wildman–Crippen LogP) is 7.17. The van der Waals surface area contributed by atoms with Crippen LogP contribution in [0.5, 0.6) is 0 Å². The molecule has 0 aliphatic carbocycles. The van der Waals surface area contributed by atoms with Crippen molar-refractivity contribution in [1.82, 2.24) is 34.8 Å². The molecule has 12 nitrogen and oxygen atoms in total. The van der Waals surface area contributed by atoms with E-state index in [2.05, 4.69) is 62.7 Å². The third-order valence-corrected chi connectivity index (χ3v) is 13.1. The number of fused-ring (bicyclic) bond motifs is 2. The van der Waals surface area contributed by atoms with Crippen molar-refractivity contribution in [2.45, 2.75) is 99.6 Å². The van der Waals surface area contributed by atoms with E-state index in [0.717, 1.165) is 100 Å². The highest BCUT2D eigenvalue weighted by molar-refractivity contribution is 6.02. The molecule has 2 unspecified atom stereocenters. The standard InChI is InChI=1S/C41H54F2N10O2.C2H6.CH4/c1-40(2)24-51(37-9-8-29(23-54)45-46-37)25-41(3,4)36(40)22-49-14-10-30(11-15-49)53-34-12-16-50(26-55)21-33(34)39(47-53)52-13-6-7-27-17-31(28-19-44-48(5)20-28)32(38(42)43)18-35(27)52;1-2;/h8-9,17-20,23,26,30,33-34,36,38H,6-7,10-16,21-22,24-25H2,1-5H3;1-2H3;1H4. The number of likely N-dealkylation sites (tertiary alicyclic amines) is 2. The Morgan fingerprint density at radius 1 is 0.948 bits per heavy atom.